The normalized spacial score (nSPS) is 22.6. The van der Waals surface area contributed by atoms with Gasteiger partial charge in [0.15, 0.2) is 0 Å². The first-order valence-electron chi connectivity index (χ1n) is 15.4. The second-order valence-electron chi connectivity index (χ2n) is 14.4. The van der Waals surface area contributed by atoms with Gasteiger partial charge < -0.3 is 24.8 Å². The fourth-order valence-corrected chi connectivity index (χ4v) is 18.9. The molecule has 0 amide bonds. The molecule has 1 atom stereocenters. The molecule has 0 aliphatic heterocycles. The van der Waals surface area contributed by atoms with E-state index in [1.807, 2.05) is 6.49 Å². The predicted molar refractivity (Wildman–Crippen MR) is 166 cm³/mol. The molecule has 1 unspecified atom stereocenters. The van der Waals surface area contributed by atoms with Gasteiger partial charge >= 0.3 is 245 Å². The first kappa shape index (κ1) is 31.2. The molecule has 5 aliphatic carbocycles. The maximum Gasteiger partial charge on any atom is -1.00 e. The third kappa shape index (κ3) is 4.76. The fourth-order valence-electron chi connectivity index (χ4n) is 8.82. The Hall–Kier alpha value is -1.27. The summed E-state index contributed by atoms with van der Waals surface area (Å²) in [6, 6.07) is 10.6. The summed E-state index contributed by atoms with van der Waals surface area (Å²) in [5, 5.41) is 0. The standard InChI is InChI=1S/C25H25.C7H9.C6H10.2ClH.Zr/c1-14-12-24(3,4)22-8-16-7-17-9-23-19(15(2)13-25(23,5)6)11-21(17)20(16)10-18(14)22;1-6-3-4-7(2)5-6;1-2-4-6-5-3-1;;;/h7-13H,1-6H3;3,5,7H,1-2H3;1-5H2;2*1H;/q;;;;;+2/p-2. The summed E-state index contributed by atoms with van der Waals surface area (Å²) in [5.74, 6) is 0.603. The minimum Gasteiger partial charge on any atom is -1.00 e. The summed E-state index contributed by atoms with van der Waals surface area (Å²) in [6.45, 7) is 19.1. The molecule has 1 saturated carbocycles. The van der Waals surface area contributed by atoms with E-state index in [4.69, 9.17) is 0 Å². The van der Waals surface area contributed by atoms with Gasteiger partial charge in [0.1, 0.15) is 0 Å². The van der Waals surface area contributed by atoms with E-state index in [-0.39, 0.29) is 35.6 Å². The first-order chi connectivity index (χ1) is 18.5. The zero-order valence-electron chi connectivity index (χ0n) is 26.1. The summed E-state index contributed by atoms with van der Waals surface area (Å²) in [4.78, 5) is 0. The van der Waals surface area contributed by atoms with E-state index in [0.29, 0.717) is 9.54 Å². The van der Waals surface area contributed by atoms with Crippen molar-refractivity contribution in [2.45, 2.75) is 102 Å². The molecule has 5 aliphatic rings. The topological polar surface area (TPSA) is 0 Å². The van der Waals surface area contributed by atoms with Gasteiger partial charge in [-0.3, -0.25) is 0 Å². The zero-order chi connectivity index (χ0) is 27.4. The van der Waals surface area contributed by atoms with Crippen molar-refractivity contribution in [3.8, 4) is 11.1 Å². The Morgan fingerprint density at radius 2 is 1.17 bits per heavy atom. The van der Waals surface area contributed by atoms with Crippen LogP contribution in [-0.4, -0.2) is 3.21 Å². The fraction of sp³-hybridized carbons (Fsp3) is 0.447. The van der Waals surface area contributed by atoms with Crippen molar-refractivity contribution in [2.24, 2.45) is 5.92 Å². The van der Waals surface area contributed by atoms with Gasteiger partial charge in [-0.15, -0.1) is 0 Å². The van der Waals surface area contributed by atoms with E-state index < -0.39 is 21.3 Å². The maximum atomic E-state index is 2.70. The van der Waals surface area contributed by atoms with Crippen molar-refractivity contribution in [1.29, 1.82) is 0 Å². The van der Waals surface area contributed by atoms with Crippen LogP contribution in [0, 0.1) is 5.92 Å². The maximum absolute atomic E-state index is 2.70. The average Bonchev–Trinajstić information content (AvgIpc) is 3.52. The van der Waals surface area contributed by atoms with Gasteiger partial charge in [-0.25, -0.2) is 0 Å². The molecule has 2 aromatic carbocycles. The van der Waals surface area contributed by atoms with Gasteiger partial charge in [0.05, 0.1) is 0 Å². The molecule has 7 rings (SSSR count). The Kier molecular flexibility index (Phi) is 8.15. The van der Waals surface area contributed by atoms with Gasteiger partial charge in [-0.2, -0.15) is 0 Å². The summed E-state index contributed by atoms with van der Waals surface area (Å²) in [6.07, 6.45) is 17.2. The Balaban J connectivity index is 0.00000169. The predicted octanol–water partition coefficient (Wildman–Crippen LogP) is 4.39. The molecular weight excluding hydrogens is 619 g/mol. The van der Waals surface area contributed by atoms with Crippen molar-refractivity contribution in [3.63, 3.8) is 0 Å². The van der Waals surface area contributed by atoms with Crippen molar-refractivity contribution in [3.05, 3.63) is 90.8 Å². The van der Waals surface area contributed by atoms with E-state index in [2.05, 4.69) is 104 Å². The summed E-state index contributed by atoms with van der Waals surface area (Å²) >= 11 is -2.28. The molecule has 214 valence electrons. The van der Waals surface area contributed by atoms with Crippen LogP contribution < -0.4 is 24.8 Å². The molecule has 2 aromatic rings. The Labute approximate surface area is 268 Å². The Morgan fingerprint density at radius 3 is 1.61 bits per heavy atom. The van der Waals surface area contributed by atoms with Crippen LogP contribution in [0.2, 0.25) is 0 Å². The van der Waals surface area contributed by atoms with E-state index in [1.54, 1.807) is 33.4 Å². The molecule has 0 N–H and O–H groups in total. The summed E-state index contributed by atoms with van der Waals surface area (Å²) in [5.41, 5.74) is 17.1. The second-order valence-corrected chi connectivity index (χ2v) is 21.0. The quantitative estimate of drug-likeness (QED) is 0.448. The SMILES string of the molecule is CC1=CC(C)[C]([Zr+2](=[C]2CCCCC2)[CH]2c3cc4c(cc3-c3cc5c(cc32)C(C)(C)C=C5C)C(C)=CC4(C)C)=C1.[Cl-].[Cl-]. The molecule has 1 fully saturated rings. The molecule has 0 radical (unpaired) electrons. The molecule has 41 heavy (non-hydrogen) atoms. The summed E-state index contributed by atoms with van der Waals surface area (Å²) < 4.78 is 4.47. The third-order valence-electron chi connectivity index (χ3n) is 10.5. The number of benzene rings is 2. The van der Waals surface area contributed by atoms with Crippen LogP contribution in [0.3, 0.4) is 0 Å². The number of fused-ring (bicyclic) bond motifs is 5. The van der Waals surface area contributed by atoms with Gasteiger partial charge in [0.2, 0.25) is 0 Å². The number of hydrogen-bond acceptors (Lipinski definition) is 0. The Morgan fingerprint density at radius 1 is 0.683 bits per heavy atom. The molecule has 0 saturated heterocycles. The number of hydrogen-bond donors (Lipinski definition) is 0. The van der Waals surface area contributed by atoms with Gasteiger partial charge in [-0.05, 0) is 0 Å². The van der Waals surface area contributed by atoms with Crippen molar-refractivity contribution in [2.75, 3.05) is 0 Å². The zero-order valence-corrected chi connectivity index (χ0v) is 30.0. The number of allylic oxidation sites excluding steroid dienone is 8. The third-order valence-corrected chi connectivity index (χ3v) is 19.6. The molecule has 0 nitrogen and oxygen atoms in total. The first-order valence-corrected chi connectivity index (χ1v) is 19.2. The average molecular weight is 663 g/mol. The van der Waals surface area contributed by atoms with Crippen molar-refractivity contribution < 1.29 is 46.1 Å². The number of halogens is 2. The molecule has 3 heteroatoms. The van der Waals surface area contributed by atoms with Gasteiger partial charge in [0, 0.05) is 0 Å². The molecule has 0 spiro atoms. The minimum absolute atomic E-state index is 0. The Bertz CT molecular complexity index is 1530. The molecule has 0 bridgehead atoms. The van der Waals surface area contributed by atoms with Crippen molar-refractivity contribution >= 4 is 14.4 Å². The molecule has 0 aromatic heterocycles. The van der Waals surface area contributed by atoms with Crippen LogP contribution in [0.1, 0.15) is 125 Å². The van der Waals surface area contributed by atoms with Gasteiger partial charge in [0.25, 0.3) is 0 Å². The largest absolute Gasteiger partial charge is 1.00 e. The number of rotatable bonds is 2. The van der Waals surface area contributed by atoms with Crippen molar-refractivity contribution in [1.82, 2.24) is 0 Å². The second kappa shape index (κ2) is 10.7. The van der Waals surface area contributed by atoms with Crippen LogP contribution in [0.5, 0.6) is 0 Å². The smallest absolute Gasteiger partial charge is 1.00 e. The molecular formula is C38H44Cl2Zr. The van der Waals surface area contributed by atoms with Crippen LogP contribution in [-0.2, 0) is 32.1 Å². The van der Waals surface area contributed by atoms with Gasteiger partial charge in [-0.1, -0.05) is 0 Å². The van der Waals surface area contributed by atoms with Crippen LogP contribution in [0.25, 0.3) is 22.3 Å². The van der Waals surface area contributed by atoms with Crippen LogP contribution in [0.4, 0.5) is 0 Å². The summed E-state index contributed by atoms with van der Waals surface area (Å²) in [7, 11) is 0. The van der Waals surface area contributed by atoms with E-state index in [1.165, 1.54) is 60.0 Å². The molecule has 0 heterocycles. The van der Waals surface area contributed by atoms with E-state index in [9.17, 15) is 0 Å². The monoisotopic (exact) mass is 660 g/mol. The minimum atomic E-state index is -2.28. The van der Waals surface area contributed by atoms with Crippen LogP contribution in [0.15, 0.2) is 57.4 Å². The van der Waals surface area contributed by atoms with Crippen LogP contribution >= 0.6 is 0 Å². The van der Waals surface area contributed by atoms with E-state index >= 15 is 0 Å². The van der Waals surface area contributed by atoms with E-state index in [0.717, 1.165) is 0 Å².